The van der Waals surface area contributed by atoms with E-state index in [9.17, 15) is 9.59 Å². The van der Waals surface area contributed by atoms with Gasteiger partial charge in [-0.05, 0) is 60.5 Å². The van der Waals surface area contributed by atoms with E-state index in [1.165, 1.54) is 11.1 Å². The number of benzene rings is 1. The summed E-state index contributed by atoms with van der Waals surface area (Å²) in [4.78, 5) is 31.6. The molecule has 1 fully saturated rings. The molecule has 5 rings (SSSR count). The molecule has 0 radical (unpaired) electrons. The number of carbonyl (C=O) groups excluding carboxylic acids is 2. The number of amides is 2. The molecule has 4 heterocycles. The number of fused-ring (bicyclic) bond motifs is 1. The topological polar surface area (TPSA) is 81.5 Å². The summed E-state index contributed by atoms with van der Waals surface area (Å²) in [5, 5.41) is 2.05. The number of furan rings is 1. The molecule has 3 aromatic rings. The highest BCUT2D eigenvalue weighted by atomic mass is 32.1. The van der Waals surface area contributed by atoms with Crippen molar-refractivity contribution in [2.75, 3.05) is 40.0 Å². The second-order valence-electron chi connectivity index (χ2n) is 8.91. The number of rotatable bonds is 9. The quantitative estimate of drug-likeness (QED) is 0.430. The van der Waals surface area contributed by atoms with Gasteiger partial charge in [0.1, 0.15) is 13.2 Å². The summed E-state index contributed by atoms with van der Waals surface area (Å²) in [5.41, 5.74) is 1.09. The molecular formula is C27H30N2O6S. The van der Waals surface area contributed by atoms with E-state index in [-0.39, 0.29) is 42.9 Å². The summed E-state index contributed by atoms with van der Waals surface area (Å²) in [6, 6.07) is 12.6. The van der Waals surface area contributed by atoms with Gasteiger partial charge in [-0.15, -0.1) is 11.3 Å². The summed E-state index contributed by atoms with van der Waals surface area (Å²) in [6.07, 6.45) is 3.99. The molecule has 1 saturated heterocycles. The summed E-state index contributed by atoms with van der Waals surface area (Å²) in [7, 11) is 1.61. The minimum Gasteiger partial charge on any atom is -0.493 e. The third-order valence-electron chi connectivity index (χ3n) is 6.67. The van der Waals surface area contributed by atoms with Crippen molar-refractivity contribution in [3.63, 3.8) is 0 Å². The average molecular weight is 511 g/mol. The Labute approximate surface area is 214 Å². The second-order valence-corrected chi connectivity index (χ2v) is 9.91. The number of carbonyl (C=O) groups is 2. The molecule has 0 aliphatic carbocycles. The van der Waals surface area contributed by atoms with Crippen LogP contribution < -0.4 is 9.47 Å². The lowest BCUT2D eigenvalue weighted by Crippen LogP contribution is -2.49. The molecule has 0 N–H and O–H groups in total. The molecule has 8 nitrogen and oxygen atoms in total. The lowest BCUT2D eigenvalue weighted by atomic mass is 10.0. The molecular weight excluding hydrogens is 480 g/mol. The monoisotopic (exact) mass is 510 g/mol. The molecule has 0 bridgehead atoms. The van der Waals surface area contributed by atoms with Crippen LogP contribution in [0.4, 0.5) is 0 Å². The summed E-state index contributed by atoms with van der Waals surface area (Å²) in [6.45, 7) is 1.83. The van der Waals surface area contributed by atoms with Gasteiger partial charge in [-0.1, -0.05) is 12.1 Å². The van der Waals surface area contributed by atoms with Crippen LogP contribution in [0.1, 0.15) is 39.9 Å². The Morgan fingerprint density at radius 3 is 2.78 bits per heavy atom. The van der Waals surface area contributed by atoms with Crippen LogP contribution in [0.3, 0.4) is 0 Å². The van der Waals surface area contributed by atoms with Crippen LogP contribution in [0.25, 0.3) is 0 Å². The van der Waals surface area contributed by atoms with E-state index in [0.29, 0.717) is 31.2 Å². The van der Waals surface area contributed by atoms with Gasteiger partial charge >= 0.3 is 0 Å². The van der Waals surface area contributed by atoms with E-state index in [4.69, 9.17) is 18.6 Å². The van der Waals surface area contributed by atoms with Crippen molar-refractivity contribution in [3.05, 3.63) is 70.3 Å². The Balaban J connectivity index is 1.35. The molecule has 190 valence electrons. The van der Waals surface area contributed by atoms with Crippen molar-refractivity contribution in [1.29, 1.82) is 0 Å². The normalized spacial score (nSPS) is 19.1. The van der Waals surface area contributed by atoms with Crippen molar-refractivity contribution in [2.45, 2.75) is 31.4 Å². The first-order valence-electron chi connectivity index (χ1n) is 12.2. The molecule has 0 spiro atoms. The molecule has 2 atom stereocenters. The smallest absolute Gasteiger partial charge is 0.290 e. The predicted molar refractivity (Wildman–Crippen MR) is 135 cm³/mol. The molecule has 2 aliphatic rings. The fourth-order valence-electron chi connectivity index (χ4n) is 4.84. The van der Waals surface area contributed by atoms with Crippen molar-refractivity contribution < 1.29 is 28.2 Å². The lowest BCUT2D eigenvalue weighted by Gasteiger charge is -2.37. The molecule has 2 unspecified atom stereocenters. The van der Waals surface area contributed by atoms with E-state index >= 15 is 0 Å². The number of nitrogens with zero attached hydrogens (tertiary/aromatic N) is 2. The van der Waals surface area contributed by atoms with E-state index < -0.39 is 0 Å². The first-order chi connectivity index (χ1) is 17.6. The highest BCUT2D eigenvalue weighted by Gasteiger charge is 2.35. The first-order valence-corrected chi connectivity index (χ1v) is 13.1. The highest BCUT2D eigenvalue weighted by molar-refractivity contribution is 7.10. The number of hydrogen-bond acceptors (Lipinski definition) is 7. The number of thiophene rings is 1. The standard InChI is InChI=1S/C27H30N2O6S/c1-32-22-7-2-3-8-23(22)35-18-21-20-11-15-36-25(20)10-12-29(21)26(30)17-28(16-19-6-4-13-33-19)27(31)24-9-5-14-34-24/h2-3,5,7-9,11,14-15,19,21H,4,6,10,12-13,16-18H2,1H3. The molecule has 2 aliphatic heterocycles. The van der Waals surface area contributed by atoms with Gasteiger partial charge in [-0.2, -0.15) is 0 Å². The van der Waals surface area contributed by atoms with Gasteiger partial charge in [-0.25, -0.2) is 0 Å². The third kappa shape index (κ3) is 5.27. The van der Waals surface area contributed by atoms with Crippen molar-refractivity contribution in [2.24, 2.45) is 0 Å². The largest absolute Gasteiger partial charge is 0.493 e. The van der Waals surface area contributed by atoms with Crippen LogP contribution >= 0.6 is 11.3 Å². The second kappa shape index (κ2) is 11.2. The number of para-hydroxylation sites is 2. The molecule has 36 heavy (non-hydrogen) atoms. The maximum Gasteiger partial charge on any atom is 0.290 e. The third-order valence-corrected chi connectivity index (χ3v) is 7.67. The zero-order valence-electron chi connectivity index (χ0n) is 20.3. The van der Waals surface area contributed by atoms with Gasteiger partial charge in [-0.3, -0.25) is 9.59 Å². The lowest BCUT2D eigenvalue weighted by molar-refractivity contribution is -0.135. The van der Waals surface area contributed by atoms with E-state index in [2.05, 4.69) is 11.4 Å². The number of ether oxygens (including phenoxy) is 3. The minimum atomic E-state index is -0.307. The molecule has 1 aromatic carbocycles. The summed E-state index contributed by atoms with van der Waals surface area (Å²) < 4.78 is 22.7. The van der Waals surface area contributed by atoms with Gasteiger partial charge in [0.15, 0.2) is 17.3 Å². The Hall–Kier alpha value is -3.30. The van der Waals surface area contributed by atoms with E-state index in [0.717, 1.165) is 24.8 Å². The summed E-state index contributed by atoms with van der Waals surface area (Å²) in [5.74, 6) is 1.05. The number of hydrogen-bond donors (Lipinski definition) is 0. The summed E-state index contributed by atoms with van der Waals surface area (Å²) >= 11 is 1.70. The van der Waals surface area contributed by atoms with Crippen molar-refractivity contribution in [3.8, 4) is 11.5 Å². The Bertz CT molecular complexity index is 1170. The van der Waals surface area contributed by atoms with Crippen molar-refractivity contribution in [1.82, 2.24) is 9.80 Å². The predicted octanol–water partition coefficient (Wildman–Crippen LogP) is 4.18. The van der Waals surface area contributed by atoms with Crippen LogP contribution in [-0.4, -0.2) is 67.7 Å². The fourth-order valence-corrected chi connectivity index (χ4v) is 5.77. The first kappa shape index (κ1) is 24.4. The van der Waals surface area contributed by atoms with E-state index in [1.807, 2.05) is 29.2 Å². The van der Waals surface area contributed by atoms with Gasteiger partial charge < -0.3 is 28.4 Å². The van der Waals surface area contributed by atoms with Crippen LogP contribution in [0.15, 0.2) is 58.5 Å². The Morgan fingerprint density at radius 1 is 1.17 bits per heavy atom. The van der Waals surface area contributed by atoms with Gasteiger partial charge in [0, 0.05) is 24.6 Å². The maximum absolute atomic E-state index is 13.7. The molecule has 2 amide bonds. The van der Waals surface area contributed by atoms with Crippen molar-refractivity contribution >= 4 is 23.2 Å². The van der Waals surface area contributed by atoms with Gasteiger partial charge in [0.05, 0.1) is 25.5 Å². The highest BCUT2D eigenvalue weighted by Crippen LogP contribution is 2.35. The molecule has 9 heteroatoms. The SMILES string of the molecule is COc1ccccc1OCC1c2ccsc2CCN1C(=O)CN(CC1CCCO1)C(=O)c1ccco1. The van der Waals surface area contributed by atoms with Crippen LogP contribution in [0, 0.1) is 0 Å². The average Bonchev–Trinajstić information content (AvgIpc) is 3.69. The van der Waals surface area contributed by atoms with Gasteiger partial charge in [0.25, 0.3) is 5.91 Å². The fraction of sp³-hybridized carbons (Fsp3) is 0.407. The van der Waals surface area contributed by atoms with Crippen LogP contribution in [0.2, 0.25) is 0 Å². The zero-order valence-corrected chi connectivity index (χ0v) is 21.1. The molecule has 2 aromatic heterocycles. The minimum absolute atomic E-state index is 0.0516. The Kier molecular flexibility index (Phi) is 7.58. The van der Waals surface area contributed by atoms with Crippen LogP contribution in [-0.2, 0) is 16.0 Å². The van der Waals surface area contributed by atoms with E-state index in [1.54, 1.807) is 35.5 Å². The van der Waals surface area contributed by atoms with Gasteiger partial charge in [0.2, 0.25) is 5.91 Å². The maximum atomic E-state index is 13.7. The molecule has 0 saturated carbocycles. The van der Waals surface area contributed by atoms with Crippen LogP contribution in [0.5, 0.6) is 11.5 Å². The zero-order chi connectivity index (χ0) is 24.9. The Morgan fingerprint density at radius 2 is 2.03 bits per heavy atom. The number of methoxy groups -OCH3 is 1.